The van der Waals surface area contributed by atoms with E-state index in [1.807, 2.05) is 0 Å². The molecule has 89 valence electrons. The standard InChI is InChI=1S/C11H10F2N3O/c1-11(17,5-16-7-14-6-15-16)9-3-2-8(12)4-10(9)13/h2-4,6-7,17H,1,5H2. The number of benzene rings is 1. The van der Waals surface area contributed by atoms with Crippen LogP contribution in [0.2, 0.25) is 0 Å². The summed E-state index contributed by atoms with van der Waals surface area (Å²) in [5.41, 5.74) is -1.82. The van der Waals surface area contributed by atoms with Gasteiger partial charge >= 0.3 is 0 Å². The van der Waals surface area contributed by atoms with Gasteiger partial charge in [-0.05, 0) is 13.0 Å². The SMILES string of the molecule is [CH2]C(O)(Cn1cncn1)c1ccc(F)cc1F. The second-order valence-electron chi connectivity index (χ2n) is 3.75. The first-order valence-corrected chi connectivity index (χ1v) is 4.85. The van der Waals surface area contributed by atoms with E-state index in [-0.39, 0.29) is 12.1 Å². The van der Waals surface area contributed by atoms with E-state index >= 15 is 0 Å². The maximum Gasteiger partial charge on any atom is 0.137 e. The van der Waals surface area contributed by atoms with E-state index in [0.717, 1.165) is 12.1 Å². The lowest BCUT2D eigenvalue weighted by molar-refractivity contribution is 0.0586. The van der Waals surface area contributed by atoms with Crippen LogP contribution in [0.3, 0.4) is 0 Å². The Morgan fingerprint density at radius 3 is 2.76 bits per heavy atom. The van der Waals surface area contributed by atoms with Crippen molar-refractivity contribution in [2.45, 2.75) is 12.1 Å². The minimum absolute atomic E-state index is 0.0739. The fourth-order valence-corrected chi connectivity index (χ4v) is 1.53. The Kier molecular flexibility index (Phi) is 2.89. The fourth-order valence-electron chi connectivity index (χ4n) is 1.53. The molecule has 0 bridgehead atoms. The van der Waals surface area contributed by atoms with Crippen molar-refractivity contribution in [3.63, 3.8) is 0 Å². The smallest absolute Gasteiger partial charge is 0.137 e. The zero-order chi connectivity index (χ0) is 12.5. The Morgan fingerprint density at radius 1 is 1.41 bits per heavy atom. The molecule has 0 amide bonds. The third kappa shape index (κ3) is 2.47. The Balaban J connectivity index is 2.30. The summed E-state index contributed by atoms with van der Waals surface area (Å²) in [5.74, 6) is -1.55. The second kappa shape index (κ2) is 4.21. The third-order valence-electron chi connectivity index (χ3n) is 2.32. The summed E-state index contributed by atoms with van der Waals surface area (Å²) in [6.07, 6.45) is 2.66. The van der Waals surface area contributed by atoms with Gasteiger partial charge in [0.05, 0.1) is 6.54 Å². The van der Waals surface area contributed by atoms with Crippen LogP contribution in [0.5, 0.6) is 0 Å². The molecule has 1 atom stereocenters. The van der Waals surface area contributed by atoms with Gasteiger partial charge in [0.15, 0.2) is 0 Å². The molecule has 2 aromatic rings. The summed E-state index contributed by atoms with van der Waals surface area (Å²) in [7, 11) is 0. The van der Waals surface area contributed by atoms with Gasteiger partial charge < -0.3 is 5.11 Å². The maximum absolute atomic E-state index is 13.5. The Hall–Kier alpha value is -1.82. The largest absolute Gasteiger partial charge is 0.383 e. The van der Waals surface area contributed by atoms with Crippen molar-refractivity contribution in [2.24, 2.45) is 0 Å². The van der Waals surface area contributed by atoms with E-state index in [9.17, 15) is 13.9 Å². The molecule has 1 radical (unpaired) electrons. The highest BCUT2D eigenvalue weighted by molar-refractivity contribution is 5.25. The van der Waals surface area contributed by atoms with Crippen molar-refractivity contribution in [1.29, 1.82) is 0 Å². The normalized spacial score (nSPS) is 14.6. The molecule has 0 saturated carbocycles. The van der Waals surface area contributed by atoms with E-state index in [1.54, 1.807) is 0 Å². The van der Waals surface area contributed by atoms with Gasteiger partial charge in [0.25, 0.3) is 0 Å². The summed E-state index contributed by atoms with van der Waals surface area (Å²) in [5, 5.41) is 13.9. The number of hydrogen-bond acceptors (Lipinski definition) is 3. The molecule has 1 aromatic heterocycles. The molecule has 0 fully saturated rings. The number of nitrogens with zero attached hydrogens (tertiary/aromatic N) is 3. The average molecular weight is 238 g/mol. The first-order chi connectivity index (χ1) is 7.99. The monoisotopic (exact) mass is 238 g/mol. The Labute approximate surface area is 96.5 Å². The van der Waals surface area contributed by atoms with E-state index < -0.39 is 17.2 Å². The first kappa shape index (κ1) is 11.7. The summed E-state index contributed by atoms with van der Waals surface area (Å²) >= 11 is 0. The van der Waals surface area contributed by atoms with Gasteiger partial charge in [0, 0.05) is 11.6 Å². The highest BCUT2D eigenvalue weighted by atomic mass is 19.1. The molecular formula is C11H10F2N3O. The highest BCUT2D eigenvalue weighted by Gasteiger charge is 2.27. The van der Waals surface area contributed by atoms with Gasteiger partial charge in [-0.15, -0.1) is 0 Å². The van der Waals surface area contributed by atoms with Gasteiger partial charge in [-0.25, -0.2) is 18.4 Å². The predicted octanol–water partition coefficient (Wildman–Crippen LogP) is 1.28. The maximum atomic E-state index is 13.5. The van der Waals surface area contributed by atoms with E-state index in [0.29, 0.717) is 6.07 Å². The first-order valence-electron chi connectivity index (χ1n) is 4.85. The summed E-state index contributed by atoms with van der Waals surface area (Å²) in [4.78, 5) is 3.70. The molecule has 1 N–H and O–H groups in total. The van der Waals surface area contributed by atoms with Crippen LogP contribution in [0.1, 0.15) is 5.56 Å². The fraction of sp³-hybridized carbons (Fsp3) is 0.182. The van der Waals surface area contributed by atoms with Crippen molar-refractivity contribution in [2.75, 3.05) is 0 Å². The van der Waals surface area contributed by atoms with Gasteiger partial charge in [-0.2, -0.15) is 5.10 Å². The van der Waals surface area contributed by atoms with Crippen LogP contribution in [-0.2, 0) is 12.1 Å². The van der Waals surface area contributed by atoms with Crippen molar-refractivity contribution >= 4 is 0 Å². The molecule has 0 aliphatic heterocycles. The minimum Gasteiger partial charge on any atom is -0.383 e. The minimum atomic E-state index is -1.73. The molecule has 0 aliphatic carbocycles. The van der Waals surface area contributed by atoms with Crippen LogP contribution >= 0.6 is 0 Å². The molecule has 0 saturated heterocycles. The van der Waals surface area contributed by atoms with Crippen LogP contribution in [0, 0.1) is 18.6 Å². The van der Waals surface area contributed by atoms with Gasteiger partial charge in [0.1, 0.15) is 29.9 Å². The zero-order valence-electron chi connectivity index (χ0n) is 8.85. The average Bonchev–Trinajstić information content (AvgIpc) is 2.68. The predicted molar refractivity (Wildman–Crippen MR) is 55.6 cm³/mol. The van der Waals surface area contributed by atoms with Gasteiger partial charge in [0.2, 0.25) is 0 Å². The summed E-state index contributed by atoms with van der Waals surface area (Å²) < 4.78 is 27.5. The number of halogens is 2. The van der Waals surface area contributed by atoms with Gasteiger partial charge in [-0.1, -0.05) is 6.07 Å². The van der Waals surface area contributed by atoms with E-state index in [4.69, 9.17) is 0 Å². The van der Waals surface area contributed by atoms with Gasteiger partial charge in [-0.3, -0.25) is 0 Å². The summed E-state index contributed by atoms with van der Waals surface area (Å²) in [6, 6.07) is 2.93. The van der Waals surface area contributed by atoms with Crippen molar-refractivity contribution < 1.29 is 13.9 Å². The number of rotatable bonds is 3. The molecule has 2 rings (SSSR count). The molecule has 1 heterocycles. The lowest BCUT2D eigenvalue weighted by Crippen LogP contribution is -2.29. The lowest BCUT2D eigenvalue weighted by Gasteiger charge is -2.23. The van der Waals surface area contributed by atoms with Crippen LogP contribution in [0.15, 0.2) is 30.9 Å². The second-order valence-corrected chi connectivity index (χ2v) is 3.75. The van der Waals surface area contributed by atoms with Crippen molar-refractivity contribution in [3.8, 4) is 0 Å². The molecule has 0 aliphatic rings. The quantitative estimate of drug-likeness (QED) is 0.876. The molecule has 6 heteroatoms. The topological polar surface area (TPSA) is 50.9 Å². The van der Waals surface area contributed by atoms with Crippen LogP contribution in [0.25, 0.3) is 0 Å². The Bertz CT molecular complexity index is 511. The zero-order valence-corrected chi connectivity index (χ0v) is 8.85. The number of aromatic nitrogens is 3. The van der Waals surface area contributed by atoms with Crippen molar-refractivity contribution in [1.82, 2.24) is 14.8 Å². The highest BCUT2D eigenvalue weighted by Crippen LogP contribution is 2.25. The Morgan fingerprint density at radius 2 is 2.18 bits per heavy atom. The van der Waals surface area contributed by atoms with E-state index in [1.165, 1.54) is 17.3 Å². The van der Waals surface area contributed by atoms with Crippen molar-refractivity contribution in [3.05, 3.63) is 55.0 Å². The molecule has 1 aromatic carbocycles. The molecule has 0 spiro atoms. The molecular weight excluding hydrogens is 228 g/mol. The molecule has 1 unspecified atom stereocenters. The van der Waals surface area contributed by atoms with Crippen LogP contribution in [-0.4, -0.2) is 19.9 Å². The van der Waals surface area contributed by atoms with E-state index in [2.05, 4.69) is 17.0 Å². The van der Waals surface area contributed by atoms with Crippen LogP contribution < -0.4 is 0 Å². The molecule has 4 nitrogen and oxygen atoms in total. The molecule has 17 heavy (non-hydrogen) atoms. The number of hydrogen-bond donors (Lipinski definition) is 1. The van der Waals surface area contributed by atoms with Crippen LogP contribution in [0.4, 0.5) is 8.78 Å². The number of aliphatic hydroxyl groups is 1. The summed E-state index contributed by atoms with van der Waals surface area (Å²) in [6.45, 7) is 3.44. The lowest BCUT2D eigenvalue weighted by atomic mass is 9.95. The third-order valence-corrected chi connectivity index (χ3v) is 2.32.